The number of aliphatic hydroxyl groups is 1. The summed E-state index contributed by atoms with van der Waals surface area (Å²) in [5, 5.41) is 11.1. The summed E-state index contributed by atoms with van der Waals surface area (Å²) >= 11 is 0. The molecule has 0 bridgehead atoms. The van der Waals surface area contributed by atoms with E-state index < -0.39 is 27.4 Å². The summed E-state index contributed by atoms with van der Waals surface area (Å²) in [6.07, 6.45) is 0. The lowest BCUT2D eigenvalue weighted by Gasteiger charge is -2.33. The molecule has 2 aliphatic heterocycles. The predicted octanol–water partition coefficient (Wildman–Crippen LogP) is -1.40. The number of β-amino-alcohol motifs (C(OH)–C–C–N with tert-alkyl or cyclic N) is 1. The monoisotopic (exact) mass is 447 g/mol. The largest absolute Gasteiger partial charge is 0.395 e. The van der Waals surface area contributed by atoms with Crippen molar-refractivity contribution < 1.29 is 23.1 Å². The standard InChI is InChI=1S/C19H21N5O6S/c20-17-16-14(18(27)21-19(16)28)11-15(26)24(17)12-1-3-13(4-2-12)31(29,30)23-7-5-22(6-8-23)9-10-25/h1-4,11,25H,5-10,20H2,(H,21,27,28). The third kappa shape index (κ3) is 3.63. The molecule has 1 fully saturated rings. The number of sulfonamides is 1. The first-order valence-corrected chi connectivity index (χ1v) is 11.0. The Morgan fingerprint density at radius 3 is 2.26 bits per heavy atom. The van der Waals surface area contributed by atoms with Gasteiger partial charge in [0.2, 0.25) is 10.0 Å². The number of fused-ring (bicyclic) bond motifs is 1. The van der Waals surface area contributed by atoms with Gasteiger partial charge in [0.1, 0.15) is 5.82 Å². The summed E-state index contributed by atoms with van der Waals surface area (Å²) < 4.78 is 28.3. The first-order chi connectivity index (χ1) is 14.7. The van der Waals surface area contributed by atoms with E-state index in [4.69, 9.17) is 10.8 Å². The van der Waals surface area contributed by atoms with E-state index in [-0.39, 0.29) is 34.1 Å². The summed E-state index contributed by atoms with van der Waals surface area (Å²) in [6.45, 7) is 2.20. The molecule has 0 unspecified atom stereocenters. The number of rotatable bonds is 5. The SMILES string of the molecule is Nc1c2c(cc(=O)n1-c1ccc(S(=O)(=O)N3CCN(CCO)CC3)cc1)C(=O)NC2=O. The highest BCUT2D eigenvalue weighted by Gasteiger charge is 2.32. The number of imide groups is 1. The maximum absolute atomic E-state index is 12.9. The lowest BCUT2D eigenvalue weighted by Crippen LogP contribution is -2.49. The number of pyridine rings is 1. The average Bonchev–Trinajstić information content (AvgIpc) is 3.02. The van der Waals surface area contributed by atoms with Crippen molar-refractivity contribution in [1.82, 2.24) is 19.1 Å². The Hall–Kier alpha value is -3.06. The number of amides is 2. The van der Waals surface area contributed by atoms with Gasteiger partial charge in [-0.2, -0.15) is 4.31 Å². The maximum Gasteiger partial charge on any atom is 0.262 e. The number of benzene rings is 1. The summed E-state index contributed by atoms with van der Waals surface area (Å²) in [6, 6.07) is 6.62. The number of carbonyl (C=O) groups excluding carboxylic acids is 2. The molecule has 1 aromatic heterocycles. The Kier molecular flexibility index (Phi) is 5.39. The number of nitrogens with zero attached hydrogens (tertiary/aromatic N) is 3. The summed E-state index contributed by atoms with van der Waals surface area (Å²) in [7, 11) is -3.73. The van der Waals surface area contributed by atoms with E-state index in [1.807, 2.05) is 4.90 Å². The molecule has 0 radical (unpaired) electrons. The zero-order valence-corrected chi connectivity index (χ0v) is 17.3. The van der Waals surface area contributed by atoms with Crippen LogP contribution in [0.15, 0.2) is 40.0 Å². The lowest BCUT2D eigenvalue weighted by atomic mass is 10.1. The van der Waals surface area contributed by atoms with E-state index in [0.717, 1.165) is 10.6 Å². The Bertz CT molecular complexity index is 1210. The van der Waals surface area contributed by atoms with Crippen LogP contribution in [0.4, 0.5) is 5.82 Å². The van der Waals surface area contributed by atoms with Crippen LogP contribution in [0.3, 0.4) is 0 Å². The fraction of sp³-hybridized carbons (Fsp3) is 0.316. The molecule has 4 N–H and O–H groups in total. The minimum atomic E-state index is -3.73. The molecule has 3 heterocycles. The molecular formula is C19H21N5O6S. The predicted molar refractivity (Wildman–Crippen MR) is 111 cm³/mol. The van der Waals surface area contributed by atoms with Gasteiger partial charge in [-0.3, -0.25) is 29.2 Å². The fourth-order valence-corrected chi connectivity index (χ4v) is 5.22. The van der Waals surface area contributed by atoms with Crippen molar-refractivity contribution in [3.63, 3.8) is 0 Å². The van der Waals surface area contributed by atoms with E-state index in [9.17, 15) is 22.8 Å². The Morgan fingerprint density at radius 1 is 1.00 bits per heavy atom. The van der Waals surface area contributed by atoms with Crippen molar-refractivity contribution in [2.24, 2.45) is 0 Å². The highest BCUT2D eigenvalue weighted by Crippen LogP contribution is 2.24. The molecule has 2 aromatic rings. The van der Waals surface area contributed by atoms with Gasteiger partial charge in [0.15, 0.2) is 0 Å². The van der Waals surface area contributed by atoms with Gasteiger partial charge < -0.3 is 10.8 Å². The van der Waals surface area contributed by atoms with Gasteiger partial charge in [0.05, 0.1) is 28.3 Å². The van der Waals surface area contributed by atoms with Crippen LogP contribution >= 0.6 is 0 Å². The second-order valence-electron chi connectivity index (χ2n) is 7.24. The number of nitrogen functional groups attached to an aromatic ring is 1. The second-order valence-corrected chi connectivity index (χ2v) is 9.18. The van der Waals surface area contributed by atoms with Crippen molar-refractivity contribution in [3.8, 4) is 5.69 Å². The quantitative estimate of drug-likeness (QED) is 0.473. The Labute approximate surface area is 177 Å². The van der Waals surface area contributed by atoms with Crippen molar-refractivity contribution in [2.75, 3.05) is 45.1 Å². The molecular weight excluding hydrogens is 426 g/mol. The molecule has 0 aliphatic carbocycles. The average molecular weight is 447 g/mol. The zero-order chi connectivity index (χ0) is 22.3. The van der Waals surface area contributed by atoms with Gasteiger partial charge >= 0.3 is 0 Å². The first kappa shape index (κ1) is 21.2. The molecule has 2 aliphatic rings. The van der Waals surface area contributed by atoms with E-state index >= 15 is 0 Å². The molecule has 11 nitrogen and oxygen atoms in total. The smallest absolute Gasteiger partial charge is 0.262 e. The molecule has 1 saturated heterocycles. The normalized spacial score (nSPS) is 17.6. The van der Waals surface area contributed by atoms with Crippen molar-refractivity contribution >= 4 is 27.7 Å². The molecule has 164 valence electrons. The number of aliphatic hydroxyl groups excluding tert-OH is 1. The molecule has 0 atom stereocenters. The van der Waals surface area contributed by atoms with Crippen molar-refractivity contribution in [3.05, 3.63) is 51.8 Å². The highest BCUT2D eigenvalue weighted by molar-refractivity contribution is 7.89. The molecule has 0 saturated carbocycles. The maximum atomic E-state index is 12.9. The van der Waals surface area contributed by atoms with E-state index in [2.05, 4.69) is 5.32 Å². The fourth-order valence-electron chi connectivity index (χ4n) is 3.80. The number of anilines is 1. The van der Waals surface area contributed by atoms with E-state index in [0.29, 0.717) is 32.7 Å². The molecule has 2 amide bonds. The molecule has 0 spiro atoms. The molecule has 1 aromatic carbocycles. The van der Waals surface area contributed by atoms with Crippen LogP contribution in [0.2, 0.25) is 0 Å². The summed E-state index contributed by atoms with van der Waals surface area (Å²) in [4.78, 5) is 38.3. The van der Waals surface area contributed by atoms with Gasteiger partial charge in [-0.05, 0) is 24.3 Å². The Morgan fingerprint density at radius 2 is 1.65 bits per heavy atom. The minimum Gasteiger partial charge on any atom is -0.395 e. The van der Waals surface area contributed by atoms with Crippen LogP contribution in [0.5, 0.6) is 0 Å². The van der Waals surface area contributed by atoms with E-state index in [1.165, 1.54) is 28.6 Å². The van der Waals surface area contributed by atoms with E-state index in [1.54, 1.807) is 0 Å². The van der Waals surface area contributed by atoms with Gasteiger partial charge in [-0.15, -0.1) is 0 Å². The molecule has 4 rings (SSSR count). The Balaban J connectivity index is 1.63. The highest BCUT2D eigenvalue weighted by atomic mass is 32.2. The summed E-state index contributed by atoms with van der Waals surface area (Å²) in [5.74, 6) is -1.57. The van der Waals surface area contributed by atoms with Crippen LogP contribution in [-0.2, 0) is 10.0 Å². The van der Waals surface area contributed by atoms with Crippen molar-refractivity contribution in [1.29, 1.82) is 0 Å². The zero-order valence-electron chi connectivity index (χ0n) is 16.4. The van der Waals surface area contributed by atoms with Gasteiger partial charge in [0, 0.05) is 38.8 Å². The third-order valence-corrected chi connectivity index (χ3v) is 7.35. The number of carbonyl (C=O) groups is 2. The van der Waals surface area contributed by atoms with Crippen LogP contribution in [0.25, 0.3) is 5.69 Å². The number of piperazine rings is 1. The second kappa shape index (κ2) is 7.89. The topological polar surface area (TPSA) is 155 Å². The number of nitrogens with two attached hydrogens (primary N) is 1. The molecule has 12 heteroatoms. The van der Waals surface area contributed by atoms with Crippen LogP contribution < -0.4 is 16.6 Å². The van der Waals surface area contributed by atoms with Gasteiger partial charge in [-0.25, -0.2) is 8.42 Å². The number of hydrogen-bond acceptors (Lipinski definition) is 8. The van der Waals surface area contributed by atoms with Gasteiger partial charge in [0.25, 0.3) is 17.4 Å². The first-order valence-electron chi connectivity index (χ1n) is 9.59. The summed E-state index contributed by atoms with van der Waals surface area (Å²) in [5.41, 5.74) is 5.49. The van der Waals surface area contributed by atoms with Crippen LogP contribution in [0.1, 0.15) is 20.7 Å². The number of aromatic nitrogens is 1. The van der Waals surface area contributed by atoms with Crippen molar-refractivity contribution in [2.45, 2.75) is 4.90 Å². The lowest BCUT2D eigenvalue weighted by molar-refractivity contribution is 0.0880. The number of hydrogen-bond donors (Lipinski definition) is 3. The van der Waals surface area contributed by atoms with Gasteiger partial charge in [-0.1, -0.05) is 0 Å². The molecule has 31 heavy (non-hydrogen) atoms. The minimum absolute atomic E-state index is 0.0230. The van der Waals surface area contributed by atoms with Crippen LogP contribution in [-0.4, -0.2) is 78.4 Å². The van der Waals surface area contributed by atoms with Crippen LogP contribution in [0, 0.1) is 0 Å². The third-order valence-electron chi connectivity index (χ3n) is 5.43. The number of nitrogens with one attached hydrogen (secondary N) is 1.